The quantitative estimate of drug-likeness (QED) is 0.0876. The first-order valence-corrected chi connectivity index (χ1v) is 20.0. The number of nitrogens with one attached hydrogen (secondary N) is 2. The van der Waals surface area contributed by atoms with Crippen LogP contribution >= 0.6 is 0 Å². The molecular formula is C42H52F2N10O4. The normalized spacial score (nSPS) is 20.3. The molecule has 14 nitrogen and oxygen atoms in total. The van der Waals surface area contributed by atoms with Crippen molar-refractivity contribution in [3.63, 3.8) is 0 Å². The number of likely N-dealkylation sites (N-methyl/N-ethyl adjacent to an activating group) is 1. The monoisotopic (exact) mass is 798 g/mol. The zero-order valence-corrected chi connectivity index (χ0v) is 33.2. The molecule has 308 valence electrons. The molecule has 5 N–H and O–H groups in total. The minimum absolute atomic E-state index is 0.0318. The number of carbonyl (C=O) groups is 3. The number of amides is 2. The molecule has 2 aromatic heterocycles. The second-order valence-corrected chi connectivity index (χ2v) is 16.1. The summed E-state index contributed by atoms with van der Waals surface area (Å²) in [7, 11) is 1.41. The lowest BCUT2D eigenvalue weighted by Crippen LogP contribution is -2.64. The molecule has 1 aliphatic carbocycles. The average molecular weight is 799 g/mol. The van der Waals surface area contributed by atoms with E-state index in [1.165, 1.54) is 29.9 Å². The Kier molecular flexibility index (Phi) is 12.2. The first-order chi connectivity index (χ1) is 27.8. The van der Waals surface area contributed by atoms with E-state index in [1.54, 1.807) is 50.7 Å². The van der Waals surface area contributed by atoms with Crippen LogP contribution in [-0.4, -0.2) is 118 Å². The van der Waals surface area contributed by atoms with E-state index in [2.05, 4.69) is 30.5 Å². The number of benzene rings is 2. The molecule has 16 heteroatoms. The molecule has 0 bridgehead atoms. The summed E-state index contributed by atoms with van der Waals surface area (Å²) in [4.78, 5) is 52.8. The van der Waals surface area contributed by atoms with E-state index in [-0.39, 0.29) is 24.4 Å². The Morgan fingerprint density at radius 1 is 1.03 bits per heavy atom. The maximum atomic E-state index is 15.2. The molecule has 3 fully saturated rings. The van der Waals surface area contributed by atoms with Gasteiger partial charge in [0.2, 0.25) is 5.91 Å². The molecule has 0 unspecified atom stereocenters. The van der Waals surface area contributed by atoms with Gasteiger partial charge in [-0.25, -0.2) is 18.3 Å². The molecule has 7 rings (SSSR count). The van der Waals surface area contributed by atoms with Crippen molar-refractivity contribution in [3.05, 3.63) is 82.8 Å². The van der Waals surface area contributed by atoms with Gasteiger partial charge in [-0.05, 0) is 76.3 Å². The van der Waals surface area contributed by atoms with E-state index < -0.39 is 35.0 Å². The molecule has 0 radical (unpaired) electrons. The van der Waals surface area contributed by atoms with Crippen molar-refractivity contribution < 1.29 is 28.3 Å². The fourth-order valence-electron chi connectivity index (χ4n) is 8.56. The largest absolute Gasteiger partial charge is 0.398 e. The van der Waals surface area contributed by atoms with Crippen LogP contribution in [0.4, 0.5) is 25.8 Å². The lowest BCUT2D eigenvalue weighted by Gasteiger charge is -2.50. The molecule has 4 aromatic rings. The first-order valence-electron chi connectivity index (χ1n) is 20.0. The van der Waals surface area contributed by atoms with Gasteiger partial charge in [0.25, 0.3) is 5.91 Å². The predicted molar refractivity (Wildman–Crippen MR) is 218 cm³/mol. The highest BCUT2D eigenvalue weighted by Crippen LogP contribution is 2.35. The van der Waals surface area contributed by atoms with Gasteiger partial charge in [-0.1, -0.05) is 0 Å². The minimum Gasteiger partial charge on any atom is -0.398 e. The second kappa shape index (κ2) is 17.3. The number of aliphatic imine (C=N–C) groups is 1. The van der Waals surface area contributed by atoms with Gasteiger partial charge in [0, 0.05) is 117 Å². The topological polar surface area (TPSA) is 174 Å². The fourth-order valence-corrected chi connectivity index (χ4v) is 8.56. The molecule has 2 aromatic carbocycles. The van der Waals surface area contributed by atoms with Crippen molar-refractivity contribution >= 4 is 47.0 Å². The lowest BCUT2D eigenvalue weighted by atomic mass is 9.90. The Hall–Kier alpha value is -5.32. The maximum absolute atomic E-state index is 15.2. The molecule has 2 saturated heterocycles. The van der Waals surface area contributed by atoms with Crippen LogP contribution in [0.25, 0.3) is 5.65 Å². The molecule has 0 spiro atoms. The highest BCUT2D eigenvalue weighted by atomic mass is 19.1. The van der Waals surface area contributed by atoms with Crippen molar-refractivity contribution in [2.24, 2.45) is 4.99 Å². The number of nitrogens with zero attached hydrogens (tertiary/aromatic N) is 7. The molecular weight excluding hydrogens is 747 g/mol. The van der Waals surface area contributed by atoms with Gasteiger partial charge in [-0.15, -0.1) is 0 Å². The van der Waals surface area contributed by atoms with Gasteiger partial charge in [-0.2, -0.15) is 5.10 Å². The van der Waals surface area contributed by atoms with Crippen molar-refractivity contribution in [3.8, 4) is 0 Å². The summed E-state index contributed by atoms with van der Waals surface area (Å²) in [5.41, 5.74) is 8.09. The number of aliphatic hydroxyl groups is 1. The SMILES string of the molecule is CNC(=O)[C@H](CCC=O)c1c(F)cc(N2CC(N3CCN(C4CCC(N=Cc5cc(NC(=O)c6cnn7cccnc67)c(C(C)(C)O)cc5N)CC4)CC3)C2)cc1F. The number of fused-ring (bicyclic) bond motifs is 1. The Balaban J connectivity index is 0.899. The van der Waals surface area contributed by atoms with Crippen molar-refractivity contribution in [1.29, 1.82) is 0 Å². The Morgan fingerprint density at radius 3 is 2.34 bits per heavy atom. The van der Waals surface area contributed by atoms with E-state index in [0.29, 0.717) is 70.9 Å². The third kappa shape index (κ3) is 8.73. The smallest absolute Gasteiger partial charge is 0.261 e. The molecule has 1 saturated carbocycles. The molecule has 58 heavy (non-hydrogen) atoms. The molecule has 1 atom stereocenters. The summed E-state index contributed by atoms with van der Waals surface area (Å²) in [6, 6.07) is 8.69. The number of nitrogen functional groups attached to an aromatic ring is 1. The number of carbonyl (C=O) groups excluding carboxylic acids is 3. The summed E-state index contributed by atoms with van der Waals surface area (Å²) in [6.45, 7) is 8.39. The van der Waals surface area contributed by atoms with E-state index in [4.69, 9.17) is 10.7 Å². The van der Waals surface area contributed by atoms with Crippen molar-refractivity contribution in [1.82, 2.24) is 29.7 Å². The number of aldehydes is 1. The van der Waals surface area contributed by atoms with Crippen LogP contribution in [0, 0.1) is 11.6 Å². The van der Waals surface area contributed by atoms with Gasteiger partial charge >= 0.3 is 0 Å². The fraction of sp³-hybridized carbons (Fsp3) is 0.476. The second-order valence-electron chi connectivity index (χ2n) is 16.1. The van der Waals surface area contributed by atoms with Crippen LogP contribution in [0.2, 0.25) is 0 Å². The summed E-state index contributed by atoms with van der Waals surface area (Å²) in [5.74, 6) is -3.54. The van der Waals surface area contributed by atoms with Gasteiger partial charge < -0.3 is 31.2 Å². The molecule has 2 amide bonds. The van der Waals surface area contributed by atoms with Crippen LogP contribution in [0.1, 0.15) is 85.3 Å². The third-order valence-electron chi connectivity index (χ3n) is 11.9. The molecule has 2 aliphatic heterocycles. The van der Waals surface area contributed by atoms with Crippen LogP contribution in [-0.2, 0) is 15.2 Å². The minimum atomic E-state index is -1.27. The third-order valence-corrected chi connectivity index (χ3v) is 11.9. The standard InChI is InChI=1S/C42H52F2N10O4/c1-42(2,58)33-21-36(45)26(18-37(33)50-41(57)32-23-49-54-12-5-11-47-39(32)54)22-48-27-7-9-28(10-8-27)51-13-15-52(16-14-51)30-24-53(25-30)29-19-34(43)38(35(44)20-29)31(6-4-17-55)40(56)46-3/h5,11-12,17-23,27-28,30-31,58H,4,6-10,13-16,24-25,45H2,1-3H3,(H,46,56)(H,50,57)/t27?,28?,31-/m1/s1. The first kappa shape index (κ1) is 40.9. The van der Waals surface area contributed by atoms with E-state index in [0.717, 1.165) is 51.9 Å². The number of hydrogen-bond donors (Lipinski definition) is 4. The Labute approximate surface area is 336 Å². The summed E-state index contributed by atoms with van der Waals surface area (Å²) in [5, 5.41) is 20.5. The van der Waals surface area contributed by atoms with Crippen molar-refractivity contribution in [2.45, 2.75) is 82.0 Å². The van der Waals surface area contributed by atoms with E-state index in [9.17, 15) is 19.5 Å². The summed E-state index contributed by atoms with van der Waals surface area (Å²) >= 11 is 0. The number of nitrogens with two attached hydrogens (primary N) is 1. The van der Waals surface area contributed by atoms with Gasteiger partial charge in [-0.3, -0.25) is 24.4 Å². The maximum Gasteiger partial charge on any atom is 0.261 e. The lowest BCUT2D eigenvalue weighted by molar-refractivity contribution is -0.122. The van der Waals surface area contributed by atoms with E-state index >= 15 is 8.78 Å². The Morgan fingerprint density at radius 2 is 1.71 bits per heavy atom. The summed E-state index contributed by atoms with van der Waals surface area (Å²) in [6.07, 6.45) is 11.2. The van der Waals surface area contributed by atoms with Crippen LogP contribution in [0.3, 0.4) is 0 Å². The predicted octanol–water partition coefficient (Wildman–Crippen LogP) is 4.11. The number of aromatic nitrogens is 3. The van der Waals surface area contributed by atoms with Crippen LogP contribution in [0.15, 0.2) is 53.9 Å². The Bertz CT molecular complexity index is 2140. The number of rotatable bonds is 13. The molecule has 4 heterocycles. The van der Waals surface area contributed by atoms with Crippen molar-refractivity contribution in [2.75, 3.05) is 62.3 Å². The number of hydrogen-bond acceptors (Lipinski definition) is 11. The highest BCUT2D eigenvalue weighted by Gasteiger charge is 2.37. The number of piperazine rings is 1. The number of halogens is 2. The van der Waals surface area contributed by atoms with Crippen LogP contribution < -0.4 is 21.3 Å². The van der Waals surface area contributed by atoms with Gasteiger partial charge in [0.1, 0.15) is 23.5 Å². The van der Waals surface area contributed by atoms with Gasteiger partial charge in [0.05, 0.1) is 23.8 Å². The van der Waals surface area contributed by atoms with E-state index in [1.807, 2.05) is 4.90 Å². The van der Waals surface area contributed by atoms with Crippen LogP contribution in [0.5, 0.6) is 0 Å². The zero-order valence-electron chi connectivity index (χ0n) is 33.2. The summed E-state index contributed by atoms with van der Waals surface area (Å²) < 4.78 is 32.0. The average Bonchev–Trinajstić information content (AvgIpc) is 3.63. The van der Waals surface area contributed by atoms with Gasteiger partial charge in [0.15, 0.2) is 5.65 Å². The molecule has 3 aliphatic rings. The number of anilines is 3. The zero-order chi connectivity index (χ0) is 41.1. The highest BCUT2D eigenvalue weighted by molar-refractivity contribution is 6.09.